The lowest BCUT2D eigenvalue weighted by atomic mass is 10.0. The van der Waals surface area contributed by atoms with Crippen LogP contribution in [0.3, 0.4) is 0 Å². The summed E-state index contributed by atoms with van der Waals surface area (Å²) in [5.74, 6) is -0.305. The van der Waals surface area contributed by atoms with Crippen LogP contribution >= 0.6 is 0 Å². The Morgan fingerprint density at radius 2 is 2.00 bits per heavy atom. The first-order valence-corrected chi connectivity index (χ1v) is 9.14. The average molecular weight is 387 g/mol. The first-order chi connectivity index (χ1) is 12.2. The van der Waals surface area contributed by atoms with Crippen molar-refractivity contribution >= 4 is 15.6 Å². The molecule has 6 nitrogen and oxygen atoms in total. The average Bonchev–Trinajstić information content (AvgIpc) is 3.00. The number of aromatic nitrogens is 2. The van der Waals surface area contributed by atoms with Crippen molar-refractivity contribution < 1.29 is 26.3 Å². The number of aryl methyl sites for hydroxylation is 1. The summed E-state index contributed by atoms with van der Waals surface area (Å²) in [6.07, 6.45) is -1.27. The monoisotopic (exact) mass is 387 g/mol. The third kappa shape index (κ3) is 3.91. The van der Waals surface area contributed by atoms with Crippen LogP contribution in [0.15, 0.2) is 47.6 Å². The van der Waals surface area contributed by atoms with Crippen LogP contribution in [0.25, 0.3) is 5.57 Å². The molecule has 1 aromatic heterocycles. The van der Waals surface area contributed by atoms with E-state index in [2.05, 4.69) is 9.84 Å². The Morgan fingerprint density at radius 3 is 2.58 bits per heavy atom. The third-order valence-electron chi connectivity index (χ3n) is 3.99. The first kappa shape index (κ1) is 18.5. The van der Waals surface area contributed by atoms with E-state index in [-0.39, 0.29) is 23.9 Å². The van der Waals surface area contributed by atoms with E-state index in [1.807, 2.05) is 0 Å². The summed E-state index contributed by atoms with van der Waals surface area (Å²) in [5, 5.41) is 3.96. The van der Waals surface area contributed by atoms with Gasteiger partial charge in [0.05, 0.1) is 6.20 Å². The fraction of sp³-hybridized carbons (Fsp3) is 0.312. The van der Waals surface area contributed by atoms with E-state index >= 15 is 0 Å². The van der Waals surface area contributed by atoms with Gasteiger partial charge in [-0.15, -0.1) is 13.2 Å². The number of rotatable bonds is 4. The van der Waals surface area contributed by atoms with E-state index in [0.29, 0.717) is 12.0 Å². The minimum atomic E-state index is -4.76. The lowest BCUT2D eigenvalue weighted by molar-refractivity contribution is -0.274. The molecule has 0 bridgehead atoms. The van der Waals surface area contributed by atoms with Crippen LogP contribution in [-0.2, 0) is 17.1 Å². The number of halogens is 3. The minimum Gasteiger partial charge on any atom is -0.406 e. The fourth-order valence-electron chi connectivity index (χ4n) is 2.77. The summed E-state index contributed by atoms with van der Waals surface area (Å²) in [4.78, 5) is 0. The molecule has 0 unspecified atom stereocenters. The van der Waals surface area contributed by atoms with Crippen LogP contribution in [0, 0.1) is 0 Å². The highest BCUT2D eigenvalue weighted by molar-refractivity contribution is 7.89. The number of sulfonamides is 1. The summed E-state index contributed by atoms with van der Waals surface area (Å²) in [7, 11) is -2.13. The van der Waals surface area contributed by atoms with Gasteiger partial charge in [-0.05, 0) is 35.8 Å². The van der Waals surface area contributed by atoms with Crippen LogP contribution in [0.1, 0.15) is 12.0 Å². The zero-order valence-corrected chi connectivity index (χ0v) is 14.6. The highest BCUT2D eigenvalue weighted by atomic mass is 32.2. The summed E-state index contributed by atoms with van der Waals surface area (Å²) in [5.41, 5.74) is 1.35. The van der Waals surface area contributed by atoms with E-state index < -0.39 is 16.4 Å². The van der Waals surface area contributed by atoms with Gasteiger partial charge in [0.15, 0.2) is 5.03 Å². The van der Waals surface area contributed by atoms with Gasteiger partial charge < -0.3 is 4.74 Å². The summed E-state index contributed by atoms with van der Waals surface area (Å²) >= 11 is 0. The molecule has 1 aliphatic heterocycles. The number of alkyl halides is 3. The molecule has 2 heterocycles. The topological polar surface area (TPSA) is 64.4 Å². The molecule has 10 heteroatoms. The molecule has 1 aliphatic rings. The maximum absolute atomic E-state index is 12.6. The van der Waals surface area contributed by atoms with Crippen molar-refractivity contribution in [2.24, 2.45) is 7.05 Å². The molecule has 0 saturated carbocycles. The lowest BCUT2D eigenvalue weighted by Crippen LogP contribution is -2.35. The van der Waals surface area contributed by atoms with Crippen molar-refractivity contribution in [3.63, 3.8) is 0 Å². The van der Waals surface area contributed by atoms with Gasteiger partial charge in [-0.3, -0.25) is 4.68 Å². The van der Waals surface area contributed by atoms with Crippen LogP contribution in [-0.4, -0.2) is 42.0 Å². The molecule has 0 radical (unpaired) electrons. The van der Waals surface area contributed by atoms with Crippen molar-refractivity contribution in [2.75, 3.05) is 13.1 Å². The summed E-state index contributed by atoms with van der Waals surface area (Å²) < 4.78 is 68.8. The van der Waals surface area contributed by atoms with Gasteiger partial charge in [-0.2, -0.15) is 9.40 Å². The van der Waals surface area contributed by atoms with E-state index in [0.717, 1.165) is 5.57 Å². The van der Waals surface area contributed by atoms with Crippen molar-refractivity contribution in [1.82, 2.24) is 14.1 Å². The largest absolute Gasteiger partial charge is 0.573 e. The van der Waals surface area contributed by atoms with E-state index in [1.165, 1.54) is 39.4 Å². The molecule has 2 aromatic rings. The van der Waals surface area contributed by atoms with Crippen molar-refractivity contribution in [3.05, 3.63) is 48.2 Å². The Hall–Kier alpha value is -2.33. The molecule has 0 aliphatic carbocycles. The number of hydrogen-bond donors (Lipinski definition) is 0. The first-order valence-electron chi connectivity index (χ1n) is 7.70. The summed E-state index contributed by atoms with van der Waals surface area (Å²) in [6.45, 7) is 0.358. The van der Waals surface area contributed by atoms with Crippen molar-refractivity contribution in [2.45, 2.75) is 17.8 Å². The molecule has 0 spiro atoms. The van der Waals surface area contributed by atoms with Crippen LogP contribution in [0.5, 0.6) is 5.75 Å². The number of nitrogens with zero attached hydrogens (tertiary/aromatic N) is 3. The molecule has 140 valence electrons. The van der Waals surface area contributed by atoms with Gasteiger partial charge in [0.25, 0.3) is 10.0 Å². The molecule has 26 heavy (non-hydrogen) atoms. The highest BCUT2D eigenvalue weighted by Crippen LogP contribution is 2.29. The molecular weight excluding hydrogens is 371 g/mol. The fourth-order valence-corrected chi connectivity index (χ4v) is 4.25. The molecular formula is C16H16F3N3O3S. The molecule has 0 amide bonds. The van der Waals surface area contributed by atoms with Gasteiger partial charge in [0.2, 0.25) is 0 Å². The van der Waals surface area contributed by atoms with Crippen molar-refractivity contribution in [3.8, 4) is 5.75 Å². The van der Waals surface area contributed by atoms with E-state index in [9.17, 15) is 21.6 Å². The minimum absolute atomic E-state index is 0.0925. The van der Waals surface area contributed by atoms with E-state index in [4.69, 9.17) is 0 Å². The number of ether oxygens (including phenoxy) is 1. The molecule has 0 N–H and O–H groups in total. The smallest absolute Gasteiger partial charge is 0.406 e. The van der Waals surface area contributed by atoms with E-state index in [1.54, 1.807) is 19.2 Å². The van der Waals surface area contributed by atoms with Crippen molar-refractivity contribution in [1.29, 1.82) is 0 Å². The van der Waals surface area contributed by atoms with Gasteiger partial charge >= 0.3 is 6.36 Å². The van der Waals surface area contributed by atoms with Gasteiger partial charge in [0.1, 0.15) is 5.75 Å². The second-order valence-corrected chi connectivity index (χ2v) is 7.60. The van der Waals surface area contributed by atoms with Crippen LogP contribution in [0.2, 0.25) is 0 Å². The maximum atomic E-state index is 12.6. The molecule has 1 aromatic carbocycles. The zero-order chi connectivity index (χ0) is 18.9. The Bertz CT molecular complexity index is 935. The normalized spacial score (nSPS) is 16.4. The highest BCUT2D eigenvalue weighted by Gasteiger charge is 2.31. The quantitative estimate of drug-likeness (QED) is 0.809. The van der Waals surface area contributed by atoms with Gasteiger partial charge in [-0.25, -0.2) is 8.42 Å². The standard InChI is InChI=1S/C16H16F3N3O3S/c1-21-15(5-8-20-21)26(23,24)22-9-6-12(7-10-22)13-3-2-4-14(11-13)25-16(17,18)19/h2-6,8,11H,7,9-10H2,1H3. The van der Waals surface area contributed by atoms with Gasteiger partial charge in [-0.1, -0.05) is 18.2 Å². The van der Waals surface area contributed by atoms with Crippen LogP contribution in [0.4, 0.5) is 13.2 Å². The molecule has 0 atom stereocenters. The summed E-state index contributed by atoms with van der Waals surface area (Å²) in [6, 6.07) is 7.08. The number of hydrogen-bond acceptors (Lipinski definition) is 4. The Kier molecular flexibility index (Phi) is 4.80. The SMILES string of the molecule is Cn1nccc1S(=O)(=O)N1CC=C(c2cccc(OC(F)(F)F)c2)CC1. The second kappa shape index (κ2) is 6.76. The predicted molar refractivity (Wildman–Crippen MR) is 87.7 cm³/mol. The third-order valence-corrected chi connectivity index (χ3v) is 5.93. The molecule has 0 fully saturated rings. The Morgan fingerprint density at radius 1 is 1.23 bits per heavy atom. The van der Waals surface area contributed by atoms with Gasteiger partial charge in [0, 0.05) is 20.1 Å². The second-order valence-electron chi connectivity index (χ2n) is 5.71. The Labute approximate surface area is 148 Å². The van der Waals surface area contributed by atoms with Crippen LogP contribution < -0.4 is 4.74 Å². The zero-order valence-electron chi connectivity index (χ0n) is 13.8. The lowest BCUT2D eigenvalue weighted by Gasteiger charge is -2.26. The number of benzene rings is 1. The molecule has 0 saturated heterocycles. The maximum Gasteiger partial charge on any atom is 0.573 e. The molecule has 3 rings (SSSR count). The predicted octanol–water partition coefficient (Wildman–Crippen LogP) is 2.80. The Balaban J connectivity index is 1.78.